The Kier molecular flexibility index (Phi) is 5.28. The Balaban J connectivity index is 1.93. The second kappa shape index (κ2) is 6.83. The van der Waals surface area contributed by atoms with E-state index in [0.29, 0.717) is 12.4 Å². The summed E-state index contributed by atoms with van der Waals surface area (Å²) < 4.78 is 43.7. The zero-order valence-electron chi connectivity index (χ0n) is 13.1. The van der Waals surface area contributed by atoms with E-state index in [-0.39, 0.29) is 12.2 Å². The molecular formula is C15H22F3N3O. The number of halogens is 3. The molecule has 1 aliphatic heterocycles. The maximum atomic E-state index is 12.7. The third kappa shape index (κ3) is 4.58. The van der Waals surface area contributed by atoms with Crippen LogP contribution in [0.4, 0.5) is 19.0 Å². The normalized spacial score (nSPS) is 23.5. The molecule has 4 nitrogen and oxygen atoms in total. The van der Waals surface area contributed by atoms with Crippen molar-refractivity contribution in [1.82, 2.24) is 9.88 Å². The second-order valence-electron chi connectivity index (χ2n) is 5.82. The molecule has 124 valence electrons. The molecule has 0 radical (unpaired) electrons. The number of nitrogens with zero attached hydrogens (tertiary/aromatic N) is 3. The molecule has 1 aliphatic rings. The maximum Gasteiger partial charge on any atom is 0.433 e. The first-order valence-electron chi connectivity index (χ1n) is 7.39. The molecule has 1 saturated heterocycles. The van der Waals surface area contributed by atoms with Gasteiger partial charge in [0.05, 0.1) is 12.2 Å². The average molecular weight is 317 g/mol. The maximum absolute atomic E-state index is 12.7. The van der Waals surface area contributed by atoms with E-state index in [1.807, 2.05) is 13.8 Å². The molecule has 0 saturated carbocycles. The molecule has 1 aromatic rings. The molecule has 0 aliphatic carbocycles. The van der Waals surface area contributed by atoms with Crippen molar-refractivity contribution in [2.24, 2.45) is 0 Å². The fraction of sp³-hybridized carbons (Fsp3) is 0.667. The van der Waals surface area contributed by atoms with Gasteiger partial charge in [0, 0.05) is 33.2 Å². The van der Waals surface area contributed by atoms with E-state index in [2.05, 4.69) is 9.88 Å². The fourth-order valence-electron chi connectivity index (χ4n) is 2.67. The standard InChI is InChI=1S/C15H22F3N3O/c1-11-9-21(10-12(2)22-11)8-7-20(3)14-6-4-5-13(19-14)15(16,17)18/h4-6,11-12H,7-10H2,1-3H3/t11-,12+. The zero-order chi connectivity index (χ0) is 16.3. The van der Waals surface area contributed by atoms with Crippen molar-refractivity contribution in [3.05, 3.63) is 23.9 Å². The summed E-state index contributed by atoms with van der Waals surface area (Å²) in [5, 5.41) is 0. The van der Waals surface area contributed by atoms with Gasteiger partial charge in [-0.25, -0.2) is 4.98 Å². The number of rotatable bonds is 4. The number of aromatic nitrogens is 1. The Hall–Kier alpha value is -1.34. The smallest absolute Gasteiger partial charge is 0.373 e. The summed E-state index contributed by atoms with van der Waals surface area (Å²) in [6, 6.07) is 3.98. The van der Waals surface area contributed by atoms with Gasteiger partial charge >= 0.3 is 6.18 Å². The monoisotopic (exact) mass is 317 g/mol. The van der Waals surface area contributed by atoms with Crippen molar-refractivity contribution in [2.75, 3.05) is 38.1 Å². The number of anilines is 1. The number of morpholine rings is 1. The number of ether oxygens (including phenoxy) is 1. The molecule has 2 atom stereocenters. The highest BCUT2D eigenvalue weighted by molar-refractivity contribution is 5.38. The highest BCUT2D eigenvalue weighted by Gasteiger charge is 2.32. The van der Waals surface area contributed by atoms with E-state index >= 15 is 0 Å². The highest BCUT2D eigenvalue weighted by atomic mass is 19.4. The van der Waals surface area contributed by atoms with Crippen LogP contribution in [-0.4, -0.2) is 55.3 Å². The van der Waals surface area contributed by atoms with E-state index in [0.717, 1.165) is 25.7 Å². The Labute approximate surface area is 128 Å². The van der Waals surface area contributed by atoms with Crippen LogP contribution in [0.1, 0.15) is 19.5 Å². The SMILES string of the molecule is C[C@@H]1CN(CCN(C)c2cccc(C(F)(F)F)n2)C[C@H](C)O1. The van der Waals surface area contributed by atoms with Gasteiger partial charge in [0.15, 0.2) is 0 Å². The van der Waals surface area contributed by atoms with Gasteiger partial charge in [-0.05, 0) is 26.0 Å². The lowest BCUT2D eigenvalue weighted by Crippen LogP contribution is -2.47. The van der Waals surface area contributed by atoms with Gasteiger partial charge < -0.3 is 9.64 Å². The first-order valence-corrected chi connectivity index (χ1v) is 7.39. The minimum atomic E-state index is -4.41. The van der Waals surface area contributed by atoms with Gasteiger partial charge in [-0.3, -0.25) is 4.90 Å². The number of alkyl halides is 3. The summed E-state index contributed by atoms with van der Waals surface area (Å²) in [6.07, 6.45) is -4.05. The van der Waals surface area contributed by atoms with Crippen LogP contribution in [0.25, 0.3) is 0 Å². The summed E-state index contributed by atoms with van der Waals surface area (Å²) >= 11 is 0. The lowest BCUT2D eigenvalue weighted by atomic mass is 10.2. The van der Waals surface area contributed by atoms with Crippen LogP contribution in [0.2, 0.25) is 0 Å². The van der Waals surface area contributed by atoms with E-state index in [4.69, 9.17) is 4.74 Å². The van der Waals surface area contributed by atoms with Crippen molar-refractivity contribution >= 4 is 5.82 Å². The number of pyridine rings is 1. The van der Waals surface area contributed by atoms with Crippen molar-refractivity contribution in [3.63, 3.8) is 0 Å². The molecule has 0 spiro atoms. The van der Waals surface area contributed by atoms with Crippen molar-refractivity contribution in [1.29, 1.82) is 0 Å². The highest BCUT2D eigenvalue weighted by Crippen LogP contribution is 2.28. The molecule has 1 fully saturated rings. The van der Waals surface area contributed by atoms with Crippen LogP contribution >= 0.6 is 0 Å². The molecule has 0 bridgehead atoms. The minimum absolute atomic E-state index is 0.181. The predicted molar refractivity (Wildman–Crippen MR) is 79.0 cm³/mol. The predicted octanol–water partition coefficient (Wildman–Crippen LogP) is 2.65. The Morgan fingerprint density at radius 3 is 2.50 bits per heavy atom. The first kappa shape index (κ1) is 17.0. The summed E-state index contributed by atoms with van der Waals surface area (Å²) in [7, 11) is 1.76. The van der Waals surface area contributed by atoms with E-state index in [1.54, 1.807) is 18.0 Å². The molecule has 1 aromatic heterocycles. The third-order valence-electron chi connectivity index (χ3n) is 3.66. The topological polar surface area (TPSA) is 28.6 Å². The third-order valence-corrected chi connectivity index (χ3v) is 3.66. The molecule has 0 N–H and O–H groups in total. The second-order valence-corrected chi connectivity index (χ2v) is 5.82. The number of hydrogen-bond acceptors (Lipinski definition) is 4. The number of hydrogen-bond donors (Lipinski definition) is 0. The van der Waals surface area contributed by atoms with Crippen LogP contribution in [0.3, 0.4) is 0 Å². The molecule has 2 rings (SSSR count). The van der Waals surface area contributed by atoms with Crippen LogP contribution < -0.4 is 4.90 Å². The molecule has 2 heterocycles. The summed E-state index contributed by atoms with van der Waals surface area (Å²) in [5.41, 5.74) is -0.856. The van der Waals surface area contributed by atoms with Crippen molar-refractivity contribution in [3.8, 4) is 0 Å². The van der Waals surface area contributed by atoms with Gasteiger partial charge in [0.25, 0.3) is 0 Å². The van der Waals surface area contributed by atoms with Crippen LogP contribution in [0, 0.1) is 0 Å². The molecule has 22 heavy (non-hydrogen) atoms. The summed E-state index contributed by atoms with van der Waals surface area (Å²) in [6.45, 7) is 7.13. The molecular weight excluding hydrogens is 295 g/mol. The fourth-order valence-corrected chi connectivity index (χ4v) is 2.67. The molecule has 0 unspecified atom stereocenters. The Morgan fingerprint density at radius 1 is 1.27 bits per heavy atom. The Morgan fingerprint density at radius 2 is 1.91 bits per heavy atom. The van der Waals surface area contributed by atoms with Crippen molar-refractivity contribution in [2.45, 2.75) is 32.2 Å². The van der Waals surface area contributed by atoms with Gasteiger partial charge in [-0.2, -0.15) is 13.2 Å². The van der Waals surface area contributed by atoms with Crippen LogP contribution in [-0.2, 0) is 10.9 Å². The van der Waals surface area contributed by atoms with Gasteiger partial charge in [0.1, 0.15) is 11.5 Å². The van der Waals surface area contributed by atoms with Gasteiger partial charge in [-0.1, -0.05) is 6.07 Å². The summed E-state index contributed by atoms with van der Waals surface area (Å²) in [4.78, 5) is 7.71. The minimum Gasteiger partial charge on any atom is -0.373 e. The first-order chi connectivity index (χ1) is 10.3. The van der Waals surface area contributed by atoms with Crippen LogP contribution in [0.5, 0.6) is 0 Å². The Bertz CT molecular complexity index is 485. The van der Waals surface area contributed by atoms with E-state index in [9.17, 15) is 13.2 Å². The quantitative estimate of drug-likeness (QED) is 0.853. The van der Waals surface area contributed by atoms with E-state index < -0.39 is 11.9 Å². The van der Waals surface area contributed by atoms with E-state index in [1.165, 1.54) is 6.07 Å². The molecule has 7 heteroatoms. The summed E-state index contributed by atoms with van der Waals surface area (Å²) in [5.74, 6) is 0.337. The van der Waals surface area contributed by atoms with Crippen molar-refractivity contribution < 1.29 is 17.9 Å². The van der Waals surface area contributed by atoms with Gasteiger partial charge in [0.2, 0.25) is 0 Å². The average Bonchev–Trinajstić information content (AvgIpc) is 2.43. The molecule has 0 amide bonds. The van der Waals surface area contributed by atoms with Crippen LogP contribution in [0.15, 0.2) is 18.2 Å². The zero-order valence-corrected chi connectivity index (χ0v) is 13.1. The number of likely N-dealkylation sites (N-methyl/N-ethyl adjacent to an activating group) is 1. The lowest BCUT2D eigenvalue weighted by molar-refractivity contribution is -0.141. The van der Waals surface area contributed by atoms with Gasteiger partial charge in [-0.15, -0.1) is 0 Å². The molecule has 0 aromatic carbocycles. The largest absolute Gasteiger partial charge is 0.433 e. The lowest BCUT2D eigenvalue weighted by Gasteiger charge is -2.36.